The summed E-state index contributed by atoms with van der Waals surface area (Å²) in [6.45, 7) is 1.57. The van der Waals surface area contributed by atoms with E-state index in [-0.39, 0.29) is 12.2 Å². The van der Waals surface area contributed by atoms with Crippen molar-refractivity contribution in [3.63, 3.8) is 0 Å². The Bertz CT molecular complexity index is 602. The van der Waals surface area contributed by atoms with Crippen LogP contribution in [0.1, 0.15) is 23.5 Å². The van der Waals surface area contributed by atoms with E-state index in [1.54, 1.807) is 37.3 Å². The van der Waals surface area contributed by atoms with E-state index >= 15 is 0 Å². The predicted molar refractivity (Wildman–Crippen MR) is 66.0 cm³/mol. The van der Waals surface area contributed by atoms with Crippen LogP contribution in [0.25, 0.3) is 0 Å². The normalized spacial score (nSPS) is 30.9. The zero-order chi connectivity index (χ0) is 12.7. The van der Waals surface area contributed by atoms with Crippen molar-refractivity contribution < 1.29 is 16.8 Å². The van der Waals surface area contributed by atoms with Crippen LogP contribution in [0.5, 0.6) is 0 Å². The Balaban J connectivity index is 2.62. The second-order valence-electron chi connectivity index (χ2n) is 4.30. The van der Waals surface area contributed by atoms with Crippen molar-refractivity contribution in [3.8, 4) is 0 Å². The van der Waals surface area contributed by atoms with Gasteiger partial charge in [-0.2, -0.15) is 0 Å². The van der Waals surface area contributed by atoms with Gasteiger partial charge in [0.15, 0.2) is 24.3 Å². The fraction of sp³-hybridized carbons (Fsp3) is 0.455. The average Bonchev–Trinajstić information content (AvgIpc) is 2.25. The molecule has 0 aliphatic carbocycles. The molecule has 1 aromatic carbocycles. The molecule has 0 bridgehead atoms. The van der Waals surface area contributed by atoms with Crippen molar-refractivity contribution >= 4 is 19.7 Å². The first-order valence-corrected chi connectivity index (χ1v) is 8.67. The highest BCUT2D eigenvalue weighted by molar-refractivity contribution is 8.09. The molecule has 1 saturated heterocycles. The third-order valence-electron chi connectivity index (χ3n) is 3.07. The molecule has 1 aliphatic heterocycles. The Labute approximate surface area is 102 Å². The fourth-order valence-corrected chi connectivity index (χ4v) is 7.54. The molecule has 6 heteroatoms. The van der Waals surface area contributed by atoms with Crippen molar-refractivity contribution in [2.45, 2.75) is 23.2 Å². The van der Waals surface area contributed by atoms with E-state index in [2.05, 4.69) is 0 Å². The quantitative estimate of drug-likeness (QED) is 0.774. The highest BCUT2D eigenvalue weighted by atomic mass is 32.3. The molecule has 2 rings (SSSR count). The zero-order valence-corrected chi connectivity index (χ0v) is 11.0. The molecule has 94 valence electrons. The van der Waals surface area contributed by atoms with E-state index in [9.17, 15) is 16.8 Å². The lowest BCUT2D eigenvalue weighted by Crippen LogP contribution is -2.37. The fourth-order valence-electron chi connectivity index (χ4n) is 2.02. The molecule has 0 aromatic heterocycles. The lowest BCUT2D eigenvalue weighted by atomic mass is 10.2. The van der Waals surface area contributed by atoms with Gasteiger partial charge in [-0.1, -0.05) is 30.3 Å². The molecule has 1 aliphatic rings. The monoisotopic (exact) mass is 274 g/mol. The van der Waals surface area contributed by atoms with Crippen LogP contribution in [0.2, 0.25) is 0 Å². The third-order valence-corrected chi connectivity index (χ3v) is 8.71. The maximum Gasteiger partial charge on any atom is 0.188 e. The summed E-state index contributed by atoms with van der Waals surface area (Å²) < 4.78 is 46.8. The molecule has 0 spiro atoms. The molecule has 4 nitrogen and oxygen atoms in total. The van der Waals surface area contributed by atoms with Gasteiger partial charge in [0.1, 0.15) is 0 Å². The smallest absolute Gasteiger partial charge is 0.188 e. The summed E-state index contributed by atoms with van der Waals surface area (Å²) in [5.41, 5.74) is 0.346. The summed E-state index contributed by atoms with van der Waals surface area (Å²) >= 11 is 0. The van der Waals surface area contributed by atoms with Crippen molar-refractivity contribution in [1.29, 1.82) is 0 Å². The molecular weight excluding hydrogens is 260 g/mol. The zero-order valence-electron chi connectivity index (χ0n) is 9.41. The van der Waals surface area contributed by atoms with Crippen molar-refractivity contribution in [1.82, 2.24) is 0 Å². The highest BCUT2D eigenvalue weighted by Crippen LogP contribution is 2.37. The molecule has 0 amide bonds. The molecule has 0 unspecified atom stereocenters. The van der Waals surface area contributed by atoms with Gasteiger partial charge in [0.05, 0.1) is 11.0 Å². The van der Waals surface area contributed by atoms with E-state index in [0.717, 1.165) is 0 Å². The van der Waals surface area contributed by atoms with Gasteiger partial charge < -0.3 is 0 Å². The first kappa shape index (κ1) is 12.6. The maximum atomic E-state index is 12.1. The molecular formula is C11H14O4S2. The van der Waals surface area contributed by atoms with Crippen molar-refractivity contribution in [2.24, 2.45) is 0 Å². The van der Waals surface area contributed by atoms with Crippen molar-refractivity contribution in [3.05, 3.63) is 35.9 Å². The van der Waals surface area contributed by atoms with Crippen LogP contribution in [-0.2, 0) is 19.7 Å². The Morgan fingerprint density at radius 2 is 1.65 bits per heavy atom. The van der Waals surface area contributed by atoms with Gasteiger partial charge >= 0.3 is 0 Å². The summed E-state index contributed by atoms with van der Waals surface area (Å²) in [6.07, 6.45) is 0.188. The molecule has 0 saturated carbocycles. The maximum absolute atomic E-state index is 12.1. The standard InChI is InChI=1S/C11H14O4S2/c1-9-7-8-16(12,13)11(17(9,14)15)10-5-3-2-4-6-10/h2-6,9,11H,7-8H2,1H3/t9-,11-/m1/s1. The van der Waals surface area contributed by atoms with Gasteiger partial charge in [0.25, 0.3) is 0 Å². The summed E-state index contributed by atoms with van der Waals surface area (Å²) in [6, 6.07) is 8.14. The van der Waals surface area contributed by atoms with Crippen LogP contribution in [0.3, 0.4) is 0 Å². The van der Waals surface area contributed by atoms with Crippen LogP contribution in [-0.4, -0.2) is 27.8 Å². The van der Waals surface area contributed by atoms with E-state index in [0.29, 0.717) is 5.56 Å². The first-order chi connectivity index (χ1) is 7.86. The summed E-state index contributed by atoms with van der Waals surface area (Å²) in [5, 5.41) is -0.601. The van der Waals surface area contributed by atoms with Crippen LogP contribution in [0.4, 0.5) is 0 Å². The van der Waals surface area contributed by atoms with Gasteiger partial charge in [-0.15, -0.1) is 0 Å². The van der Waals surface area contributed by atoms with Crippen LogP contribution in [0.15, 0.2) is 30.3 Å². The second-order valence-corrected chi connectivity index (χ2v) is 9.26. The van der Waals surface area contributed by atoms with Gasteiger partial charge in [0, 0.05) is 0 Å². The average molecular weight is 274 g/mol. The minimum absolute atomic E-state index is 0.0625. The molecule has 0 N–H and O–H groups in total. The lowest BCUT2D eigenvalue weighted by molar-refractivity contribution is 0.554. The second kappa shape index (κ2) is 4.10. The Morgan fingerprint density at radius 1 is 1.06 bits per heavy atom. The number of benzene rings is 1. The largest absolute Gasteiger partial charge is 0.227 e. The predicted octanol–water partition coefficient (Wildman–Crippen LogP) is 1.31. The molecule has 0 radical (unpaired) electrons. The van der Waals surface area contributed by atoms with E-state index in [1.807, 2.05) is 0 Å². The Morgan fingerprint density at radius 3 is 2.24 bits per heavy atom. The van der Waals surface area contributed by atoms with Crippen molar-refractivity contribution in [2.75, 3.05) is 5.75 Å². The van der Waals surface area contributed by atoms with Crippen LogP contribution in [0, 0.1) is 0 Å². The first-order valence-electron chi connectivity index (χ1n) is 5.35. The summed E-state index contributed by atoms with van der Waals surface area (Å²) in [5.74, 6) is -0.0625. The Hall–Kier alpha value is -0.880. The SMILES string of the molecule is C[C@@H]1CCS(=O)(=O)[C@@H](c2ccccc2)S1(=O)=O. The number of rotatable bonds is 1. The third kappa shape index (κ3) is 2.11. The van der Waals surface area contributed by atoms with Gasteiger partial charge in [0.2, 0.25) is 0 Å². The molecule has 1 fully saturated rings. The minimum atomic E-state index is -3.65. The number of hydrogen-bond donors (Lipinski definition) is 0. The number of sulfone groups is 2. The molecule has 17 heavy (non-hydrogen) atoms. The Kier molecular flexibility index (Phi) is 3.03. The summed E-state index contributed by atoms with van der Waals surface area (Å²) in [7, 11) is -7.26. The van der Waals surface area contributed by atoms with Gasteiger partial charge in [-0.05, 0) is 18.9 Å². The topological polar surface area (TPSA) is 68.3 Å². The molecule has 1 heterocycles. The van der Waals surface area contributed by atoms with Crippen LogP contribution >= 0.6 is 0 Å². The van der Waals surface area contributed by atoms with E-state index in [1.165, 1.54) is 0 Å². The van der Waals surface area contributed by atoms with Gasteiger partial charge in [-0.25, -0.2) is 16.8 Å². The highest BCUT2D eigenvalue weighted by Gasteiger charge is 2.46. The van der Waals surface area contributed by atoms with E-state index < -0.39 is 29.5 Å². The minimum Gasteiger partial charge on any atom is -0.227 e. The molecule has 1 aromatic rings. The molecule has 2 atom stereocenters. The van der Waals surface area contributed by atoms with E-state index in [4.69, 9.17) is 0 Å². The van der Waals surface area contributed by atoms with Crippen LogP contribution < -0.4 is 0 Å². The lowest BCUT2D eigenvalue weighted by Gasteiger charge is -2.27. The van der Waals surface area contributed by atoms with Gasteiger partial charge in [-0.3, -0.25) is 0 Å². The number of hydrogen-bond acceptors (Lipinski definition) is 4. The summed E-state index contributed by atoms with van der Waals surface area (Å²) in [4.78, 5) is 0.